The lowest BCUT2D eigenvalue weighted by Gasteiger charge is -2.40. The molecule has 110 valence electrons. The summed E-state index contributed by atoms with van der Waals surface area (Å²) in [5.74, 6) is 0.0205. The van der Waals surface area contributed by atoms with Crippen molar-refractivity contribution in [2.45, 2.75) is 32.4 Å². The number of nitrogens with zero attached hydrogens (tertiary/aromatic N) is 2. The number of amides is 1. The molecule has 1 atom stereocenters. The molecular weight excluding hydrogens is 250 g/mol. The molecule has 4 nitrogen and oxygen atoms in total. The maximum Gasteiger partial charge on any atom is 0.247 e. The molecule has 0 aliphatic carbocycles. The minimum absolute atomic E-state index is 0.0205. The van der Waals surface area contributed by atoms with Gasteiger partial charge in [0.15, 0.2) is 0 Å². The molecule has 0 radical (unpaired) electrons. The van der Waals surface area contributed by atoms with E-state index < -0.39 is 5.54 Å². The molecule has 1 fully saturated rings. The van der Waals surface area contributed by atoms with Crippen molar-refractivity contribution in [3.05, 3.63) is 35.9 Å². The summed E-state index contributed by atoms with van der Waals surface area (Å²) >= 11 is 0. The Hall–Kier alpha value is -1.39. The van der Waals surface area contributed by atoms with Crippen LogP contribution in [0.5, 0.6) is 0 Å². The topological polar surface area (TPSA) is 49.6 Å². The summed E-state index contributed by atoms with van der Waals surface area (Å²) in [7, 11) is 0. The van der Waals surface area contributed by atoms with Gasteiger partial charge in [-0.25, -0.2) is 0 Å². The summed E-state index contributed by atoms with van der Waals surface area (Å²) in [5, 5.41) is 0. The molecule has 1 unspecified atom stereocenters. The van der Waals surface area contributed by atoms with Gasteiger partial charge in [0.2, 0.25) is 5.91 Å². The zero-order chi connectivity index (χ0) is 14.8. The number of hydrogen-bond acceptors (Lipinski definition) is 3. The van der Waals surface area contributed by atoms with E-state index in [1.54, 1.807) is 6.92 Å². The quantitative estimate of drug-likeness (QED) is 0.907. The molecule has 0 saturated carbocycles. The Bertz CT molecular complexity index is 448. The van der Waals surface area contributed by atoms with Crippen molar-refractivity contribution < 1.29 is 4.79 Å². The first-order valence-electron chi connectivity index (χ1n) is 7.30. The normalized spacial score (nSPS) is 19.9. The smallest absolute Gasteiger partial charge is 0.247 e. The van der Waals surface area contributed by atoms with Crippen molar-refractivity contribution in [3.63, 3.8) is 0 Å². The van der Waals surface area contributed by atoms with Crippen molar-refractivity contribution in [1.29, 1.82) is 0 Å². The Labute approximate surface area is 121 Å². The van der Waals surface area contributed by atoms with Crippen molar-refractivity contribution in [1.82, 2.24) is 9.80 Å². The van der Waals surface area contributed by atoms with Gasteiger partial charge >= 0.3 is 0 Å². The Morgan fingerprint density at radius 2 is 1.70 bits per heavy atom. The highest BCUT2D eigenvalue weighted by molar-refractivity contribution is 5.87. The van der Waals surface area contributed by atoms with Gasteiger partial charge < -0.3 is 10.6 Å². The van der Waals surface area contributed by atoms with E-state index in [-0.39, 0.29) is 5.91 Å². The molecule has 20 heavy (non-hydrogen) atoms. The molecule has 0 aromatic heterocycles. The first-order valence-corrected chi connectivity index (χ1v) is 7.30. The lowest BCUT2D eigenvalue weighted by atomic mass is 9.91. The third kappa shape index (κ3) is 3.02. The second-order valence-electron chi connectivity index (χ2n) is 5.99. The van der Waals surface area contributed by atoms with E-state index in [2.05, 4.69) is 18.7 Å². The Balaban J connectivity index is 2.05. The van der Waals surface area contributed by atoms with Gasteiger partial charge in [-0.1, -0.05) is 30.3 Å². The van der Waals surface area contributed by atoms with E-state index in [9.17, 15) is 4.79 Å². The van der Waals surface area contributed by atoms with Gasteiger partial charge in [0, 0.05) is 32.2 Å². The van der Waals surface area contributed by atoms with Crippen LogP contribution in [0.2, 0.25) is 0 Å². The molecule has 4 heteroatoms. The average Bonchev–Trinajstić information content (AvgIpc) is 2.47. The second-order valence-corrected chi connectivity index (χ2v) is 5.99. The number of rotatable bonds is 3. The van der Waals surface area contributed by atoms with Crippen LogP contribution in [0.4, 0.5) is 0 Å². The Morgan fingerprint density at radius 1 is 1.15 bits per heavy atom. The third-order valence-electron chi connectivity index (χ3n) is 4.15. The fraction of sp³-hybridized carbons (Fsp3) is 0.562. The van der Waals surface area contributed by atoms with Gasteiger partial charge in [-0.15, -0.1) is 0 Å². The number of hydrogen-bond donors (Lipinski definition) is 1. The van der Waals surface area contributed by atoms with E-state index in [1.807, 2.05) is 35.2 Å². The van der Waals surface area contributed by atoms with E-state index in [0.717, 1.165) is 31.7 Å². The van der Waals surface area contributed by atoms with Gasteiger partial charge in [0.1, 0.15) is 5.54 Å². The zero-order valence-corrected chi connectivity index (χ0v) is 12.7. The van der Waals surface area contributed by atoms with Gasteiger partial charge in [-0.2, -0.15) is 0 Å². The van der Waals surface area contributed by atoms with Crippen LogP contribution in [0.15, 0.2) is 30.3 Å². The third-order valence-corrected chi connectivity index (χ3v) is 4.15. The monoisotopic (exact) mass is 275 g/mol. The number of nitrogens with two attached hydrogens (primary N) is 1. The molecule has 1 aliphatic rings. The summed E-state index contributed by atoms with van der Waals surface area (Å²) in [6, 6.07) is 10.1. The van der Waals surface area contributed by atoms with Gasteiger partial charge in [0.05, 0.1) is 0 Å². The van der Waals surface area contributed by atoms with Gasteiger partial charge in [0.25, 0.3) is 0 Å². The van der Waals surface area contributed by atoms with Crippen LogP contribution in [0.25, 0.3) is 0 Å². The molecule has 0 bridgehead atoms. The van der Waals surface area contributed by atoms with Crippen molar-refractivity contribution in [2.75, 3.05) is 26.2 Å². The fourth-order valence-electron chi connectivity index (χ4n) is 2.68. The van der Waals surface area contributed by atoms with E-state index in [4.69, 9.17) is 5.73 Å². The Morgan fingerprint density at radius 3 is 2.20 bits per heavy atom. The molecule has 1 aromatic rings. The highest BCUT2D eigenvalue weighted by atomic mass is 16.2. The summed E-state index contributed by atoms with van der Waals surface area (Å²) in [5.41, 5.74) is 6.23. The summed E-state index contributed by atoms with van der Waals surface area (Å²) in [4.78, 5) is 17.0. The molecule has 1 heterocycles. The molecular formula is C16H25N3O. The number of benzene rings is 1. The van der Waals surface area contributed by atoms with Gasteiger partial charge in [-0.3, -0.25) is 9.69 Å². The van der Waals surface area contributed by atoms with Crippen molar-refractivity contribution in [2.24, 2.45) is 5.73 Å². The van der Waals surface area contributed by atoms with Crippen molar-refractivity contribution in [3.8, 4) is 0 Å². The van der Waals surface area contributed by atoms with Crippen LogP contribution in [-0.2, 0) is 10.3 Å². The van der Waals surface area contributed by atoms with Crippen LogP contribution in [-0.4, -0.2) is 47.9 Å². The summed E-state index contributed by atoms with van der Waals surface area (Å²) in [6.07, 6.45) is 0. The molecule has 1 saturated heterocycles. The van der Waals surface area contributed by atoms with E-state index in [1.165, 1.54) is 0 Å². The minimum atomic E-state index is -0.943. The SMILES string of the molecule is CC(C)N1CCN(C(=O)C(C)(N)c2ccccc2)CC1. The zero-order valence-electron chi connectivity index (χ0n) is 12.7. The second kappa shape index (κ2) is 5.94. The van der Waals surface area contributed by atoms with Crippen LogP contribution >= 0.6 is 0 Å². The lowest BCUT2D eigenvalue weighted by molar-refractivity contribution is -0.138. The summed E-state index contributed by atoms with van der Waals surface area (Å²) < 4.78 is 0. The number of carbonyl (C=O) groups is 1. The fourth-order valence-corrected chi connectivity index (χ4v) is 2.68. The van der Waals surface area contributed by atoms with Gasteiger partial charge in [-0.05, 0) is 26.3 Å². The molecule has 2 N–H and O–H groups in total. The molecule has 1 aliphatic heterocycles. The number of carbonyl (C=O) groups excluding carboxylic acids is 1. The number of piperazine rings is 1. The predicted molar refractivity (Wildman–Crippen MR) is 81.3 cm³/mol. The highest BCUT2D eigenvalue weighted by Crippen LogP contribution is 2.21. The molecule has 2 rings (SSSR count). The largest absolute Gasteiger partial charge is 0.338 e. The summed E-state index contributed by atoms with van der Waals surface area (Å²) in [6.45, 7) is 9.55. The lowest BCUT2D eigenvalue weighted by Crippen LogP contribution is -2.57. The van der Waals surface area contributed by atoms with Crippen LogP contribution < -0.4 is 5.73 Å². The molecule has 0 spiro atoms. The molecule has 1 amide bonds. The first-order chi connectivity index (χ1) is 9.43. The molecule has 1 aromatic carbocycles. The highest BCUT2D eigenvalue weighted by Gasteiger charge is 2.35. The van der Waals surface area contributed by atoms with Crippen molar-refractivity contribution >= 4 is 5.91 Å². The standard InChI is InChI=1S/C16H25N3O/c1-13(2)18-9-11-19(12-10-18)15(20)16(3,17)14-7-5-4-6-8-14/h4-8,13H,9-12,17H2,1-3H3. The van der Waals surface area contributed by atoms with Crippen LogP contribution in [0, 0.1) is 0 Å². The van der Waals surface area contributed by atoms with E-state index >= 15 is 0 Å². The predicted octanol–water partition coefficient (Wildman–Crippen LogP) is 1.41. The average molecular weight is 275 g/mol. The minimum Gasteiger partial charge on any atom is -0.338 e. The van der Waals surface area contributed by atoms with Crippen LogP contribution in [0.3, 0.4) is 0 Å². The first kappa shape index (κ1) is 15.0. The Kier molecular flexibility index (Phi) is 4.45. The van der Waals surface area contributed by atoms with E-state index in [0.29, 0.717) is 6.04 Å². The maximum atomic E-state index is 12.7. The maximum absolute atomic E-state index is 12.7. The van der Waals surface area contributed by atoms with Crippen LogP contribution in [0.1, 0.15) is 26.3 Å².